The molecule has 110 valence electrons. The van der Waals surface area contributed by atoms with E-state index in [0.29, 0.717) is 5.75 Å². The van der Waals surface area contributed by atoms with Crippen LogP contribution in [-0.2, 0) is 6.54 Å². The largest absolute Gasteiger partial charge is 0.508 e. The number of phenols is 1. The maximum Gasteiger partial charge on any atom is 0.317 e. The average Bonchev–Trinajstić information content (AvgIpc) is 2.43. The lowest BCUT2D eigenvalue weighted by atomic mass is 10.0. The molecular weight excluding hydrogens is 254 g/mol. The fourth-order valence-electron chi connectivity index (χ4n) is 2.40. The normalized spacial score (nSPS) is 16.9. The van der Waals surface area contributed by atoms with Crippen molar-refractivity contribution in [1.29, 1.82) is 0 Å². The molecule has 1 aliphatic rings. The van der Waals surface area contributed by atoms with Gasteiger partial charge in [-0.05, 0) is 30.5 Å². The molecule has 2 amide bonds. The van der Waals surface area contributed by atoms with Gasteiger partial charge in [-0.2, -0.15) is 0 Å². The molecule has 0 radical (unpaired) electrons. The number of urea groups is 1. The Kier molecular flexibility index (Phi) is 4.84. The van der Waals surface area contributed by atoms with E-state index in [1.54, 1.807) is 31.1 Å². The molecule has 0 unspecified atom stereocenters. The number of hydrogen-bond acceptors (Lipinski definition) is 3. The zero-order valence-electron chi connectivity index (χ0n) is 12.2. The van der Waals surface area contributed by atoms with Crippen molar-refractivity contribution < 1.29 is 9.90 Å². The molecule has 1 fully saturated rings. The minimum Gasteiger partial charge on any atom is -0.508 e. The van der Waals surface area contributed by atoms with Gasteiger partial charge in [0, 0.05) is 39.8 Å². The first kappa shape index (κ1) is 14.7. The van der Waals surface area contributed by atoms with Gasteiger partial charge in [-0.25, -0.2) is 4.79 Å². The van der Waals surface area contributed by atoms with Crippen molar-refractivity contribution in [3.63, 3.8) is 0 Å². The number of carbonyl (C=O) groups is 1. The number of likely N-dealkylation sites (tertiary alicyclic amines) is 1. The highest BCUT2D eigenvalue weighted by atomic mass is 16.3. The standard InChI is InChI=1S/C15H23N3O2/c1-17(2)15(20)16-13-7-9-18(10-8-13)11-12-3-5-14(19)6-4-12/h3-6,13,19H,7-11H2,1-2H3,(H,16,20). The fourth-order valence-corrected chi connectivity index (χ4v) is 2.40. The van der Waals surface area contributed by atoms with Gasteiger partial charge >= 0.3 is 6.03 Å². The third kappa shape index (κ3) is 4.13. The molecule has 0 aliphatic carbocycles. The molecule has 0 aromatic heterocycles. The molecule has 1 heterocycles. The molecule has 2 N–H and O–H groups in total. The lowest BCUT2D eigenvalue weighted by Gasteiger charge is -2.32. The van der Waals surface area contributed by atoms with Gasteiger partial charge in [-0.1, -0.05) is 12.1 Å². The Bertz CT molecular complexity index is 437. The van der Waals surface area contributed by atoms with Crippen LogP contribution in [0, 0.1) is 0 Å². The number of hydrogen-bond donors (Lipinski definition) is 2. The first-order valence-corrected chi connectivity index (χ1v) is 7.02. The summed E-state index contributed by atoms with van der Waals surface area (Å²) in [6.07, 6.45) is 1.97. The maximum absolute atomic E-state index is 11.6. The molecule has 1 aliphatic heterocycles. The number of nitrogens with zero attached hydrogens (tertiary/aromatic N) is 2. The zero-order valence-corrected chi connectivity index (χ0v) is 12.2. The summed E-state index contributed by atoms with van der Waals surface area (Å²) in [4.78, 5) is 15.5. The van der Waals surface area contributed by atoms with Crippen LogP contribution in [0.5, 0.6) is 5.75 Å². The van der Waals surface area contributed by atoms with Gasteiger partial charge < -0.3 is 15.3 Å². The second kappa shape index (κ2) is 6.61. The third-order valence-corrected chi connectivity index (χ3v) is 3.66. The second-order valence-electron chi connectivity index (χ2n) is 5.56. The molecule has 5 heteroatoms. The van der Waals surface area contributed by atoms with Gasteiger partial charge in [0.15, 0.2) is 0 Å². The van der Waals surface area contributed by atoms with E-state index >= 15 is 0 Å². The van der Waals surface area contributed by atoms with E-state index < -0.39 is 0 Å². The van der Waals surface area contributed by atoms with Crippen LogP contribution >= 0.6 is 0 Å². The Morgan fingerprint density at radius 1 is 1.30 bits per heavy atom. The van der Waals surface area contributed by atoms with Crippen LogP contribution in [0.15, 0.2) is 24.3 Å². The Morgan fingerprint density at radius 2 is 1.90 bits per heavy atom. The van der Waals surface area contributed by atoms with E-state index in [4.69, 9.17) is 0 Å². The molecule has 1 aromatic rings. The van der Waals surface area contributed by atoms with Crippen LogP contribution in [0.3, 0.4) is 0 Å². The van der Waals surface area contributed by atoms with Gasteiger partial charge in [-0.3, -0.25) is 4.90 Å². The fraction of sp³-hybridized carbons (Fsp3) is 0.533. The number of benzene rings is 1. The minimum atomic E-state index is -0.0121. The van der Waals surface area contributed by atoms with Crippen molar-refractivity contribution in [3.05, 3.63) is 29.8 Å². The molecule has 2 rings (SSSR count). The maximum atomic E-state index is 11.6. The molecule has 0 atom stereocenters. The highest BCUT2D eigenvalue weighted by Gasteiger charge is 2.21. The van der Waals surface area contributed by atoms with Crippen LogP contribution in [0.1, 0.15) is 18.4 Å². The van der Waals surface area contributed by atoms with E-state index in [-0.39, 0.29) is 12.1 Å². The number of rotatable bonds is 3. The van der Waals surface area contributed by atoms with E-state index in [9.17, 15) is 9.90 Å². The predicted octanol–water partition coefficient (Wildman–Crippen LogP) is 1.63. The molecule has 1 saturated heterocycles. The van der Waals surface area contributed by atoms with Crippen LogP contribution in [0.4, 0.5) is 4.79 Å². The van der Waals surface area contributed by atoms with E-state index in [1.165, 1.54) is 5.56 Å². The van der Waals surface area contributed by atoms with Crippen molar-refractivity contribution in [1.82, 2.24) is 15.1 Å². The molecule has 0 bridgehead atoms. The highest BCUT2D eigenvalue weighted by molar-refractivity contribution is 5.73. The van der Waals surface area contributed by atoms with Crippen LogP contribution < -0.4 is 5.32 Å². The minimum absolute atomic E-state index is 0.0121. The Morgan fingerprint density at radius 3 is 2.45 bits per heavy atom. The molecule has 0 spiro atoms. The Hall–Kier alpha value is -1.75. The predicted molar refractivity (Wildman–Crippen MR) is 78.6 cm³/mol. The monoisotopic (exact) mass is 277 g/mol. The quantitative estimate of drug-likeness (QED) is 0.883. The number of carbonyl (C=O) groups excluding carboxylic acids is 1. The molecule has 0 saturated carbocycles. The van der Waals surface area contributed by atoms with Gasteiger partial charge in [0.2, 0.25) is 0 Å². The highest BCUT2D eigenvalue weighted by Crippen LogP contribution is 2.16. The zero-order chi connectivity index (χ0) is 14.5. The topological polar surface area (TPSA) is 55.8 Å². The molecular formula is C15H23N3O2. The molecule has 20 heavy (non-hydrogen) atoms. The van der Waals surface area contributed by atoms with Gasteiger partial charge in [-0.15, -0.1) is 0 Å². The van der Waals surface area contributed by atoms with Gasteiger partial charge in [0.25, 0.3) is 0 Å². The van der Waals surface area contributed by atoms with Crippen molar-refractivity contribution in [3.8, 4) is 5.75 Å². The second-order valence-corrected chi connectivity index (χ2v) is 5.56. The molecule has 5 nitrogen and oxygen atoms in total. The smallest absolute Gasteiger partial charge is 0.317 e. The van der Waals surface area contributed by atoms with Crippen molar-refractivity contribution in [2.75, 3.05) is 27.2 Å². The van der Waals surface area contributed by atoms with Gasteiger partial charge in [0.05, 0.1) is 0 Å². The van der Waals surface area contributed by atoms with E-state index in [1.807, 2.05) is 12.1 Å². The number of amides is 2. The Balaban J connectivity index is 1.77. The van der Waals surface area contributed by atoms with Crippen molar-refractivity contribution in [2.24, 2.45) is 0 Å². The first-order chi connectivity index (χ1) is 9.54. The third-order valence-electron chi connectivity index (χ3n) is 3.66. The molecule has 1 aromatic carbocycles. The lowest BCUT2D eigenvalue weighted by molar-refractivity contribution is 0.178. The summed E-state index contributed by atoms with van der Waals surface area (Å²) in [6.45, 7) is 2.87. The lowest BCUT2D eigenvalue weighted by Crippen LogP contribution is -2.47. The van der Waals surface area contributed by atoms with Gasteiger partial charge in [0.1, 0.15) is 5.75 Å². The summed E-state index contributed by atoms with van der Waals surface area (Å²) in [7, 11) is 3.52. The number of aromatic hydroxyl groups is 1. The number of phenolic OH excluding ortho intramolecular Hbond substituents is 1. The van der Waals surface area contributed by atoms with Crippen LogP contribution in [0.25, 0.3) is 0 Å². The first-order valence-electron chi connectivity index (χ1n) is 7.02. The number of nitrogens with one attached hydrogen (secondary N) is 1. The van der Waals surface area contributed by atoms with Crippen molar-refractivity contribution >= 4 is 6.03 Å². The number of piperidine rings is 1. The summed E-state index contributed by atoms with van der Waals surface area (Å²) in [5, 5.41) is 12.3. The summed E-state index contributed by atoms with van der Waals surface area (Å²) < 4.78 is 0. The SMILES string of the molecule is CN(C)C(=O)NC1CCN(Cc2ccc(O)cc2)CC1. The van der Waals surface area contributed by atoms with Crippen molar-refractivity contribution in [2.45, 2.75) is 25.4 Å². The van der Waals surface area contributed by atoms with E-state index in [0.717, 1.165) is 32.5 Å². The summed E-state index contributed by atoms with van der Waals surface area (Å²) in [5.74, 6) is 0.304. The van der Waals surface area contributed by atoms with E-state index in [2.05, 4.69) is 10.2 Å². The summed E-state index contributed by atoms with van der Waals surface area (Å²) in [6, 6.07) is 7.62. The summed E-state index contributed by atoms with van der Waals surface area (Å²) >= 11 is 0. The van der Waals surface area contributed by atoms with Crippen LogP contribution in [0.2, 0.25) is 0 Å². The van der Waals surface area contributed by atoms with Crippen LogP contribution in [-0.4, -0.2) is 54.2 Å². The summed E-state index contributed by atoms with van der Waals surface area (Å²) in [5.41, 5.74) is 1.21. The average molecular weight is 277 g/mol. The Labute approximate surface area is 120 Å².